The molecule has 3 aromatic rings. The van der Waals surface area contributed by atoms with Gasteiger partial charge in [0.15, 0.2) is 0 Å². The molecule has 0 spiro atoms. The van der Waals surface area contributed by atoms with Crippen LogP contribution in [0.5, 0.6) is 0 Å². The highest BCUT2D eigenvalue weighted by molar-refractivity contribution is 5.84. The molecule has 2 aromatic heterocycles. The van der Waals surface area contributed by atoms with Crippen LogP contribution in [0.4, 0.5) is 4.39 Å². The smallest absolute Gasteiger partial charge is 0.291 e. The van der Waals surface area contributed by atoms with Gasteiger partial charge in [-0.1, -0.05) is 26.0 Å². The quantitative estimate of drug-likeness (QED) is 0.803. The van der Waals surface area contributed by atoms with Gasteiger partial charge < -0.3 is 10.3 Å². The number of benzene rings is 1. The van der Waals surface area contributed by atoms with E-state index in [1.54, 1.807) is 6.07 Å². The third-order valence-electron chi connectivity index (χ3n) is 4.37. The van der Waals surface area contributed by atoms with E-state index in [2.05, 4.69) is 15.2 Å². The van der Waals surface area contributed by atoms with E-state index in [9.17, 15) is 4.39 Å². The molecule has 1 fully saturated rings. The van der Waals surface area contributed by atoms with Crippen molar-refractivity contribution in [1.29, 1.82) is 0 Å². The molecule has 6 nitrogen and oxygen atoms in total. The van der Waals surface area contributed by atoms with Crippen molar-refractivity contribution < 1.29 is 8.91 Å². The predicted molar refractivity (Wildman–Crippen MR) is 82.9 cm³/mol. The van der Waals surface area contributed by atoms with Crippen molar-refractivity contribution >= 4 is 10.9 Å². The summed E-state index contributed by atoms with van der Waals surface area (Å²) in [5, 5.41) is 9.28. The fourth-order valence-corrected chi connectivity index (χ4v) is 3.06. The molecule has 120 valence electrons. The molecule has 23 heavy (non-hydrogen) atoms. The van der Waals surface area contributed by atoms with Crippen LogP contribution >= 0.6 is 0 Å². The monoisotopic (exact) mass is 315 g/mol. The van der Waals surface area contributed by atoms with Crippen molar-refractivity contribution in [3.63, 3.8) is 0 Å². The summed E-state index contributed by atoms with van der Waals surface area (Å²) < 4.78 is 21.1. The molecule has 4 rings (SSSR count). The van der Waals surface area contributed by atoms with Gasteiger partial charge in [0.25, 0.3) is 5.95 Å². The van der Waals surface area contributed by atoms with E-state index >= 15 is 0 Å². The molecule has 0 aliphatic heterocycles. The van der Waals surface area contributed by atoms with Gasteiger partial charge in [-0.25, -0.2) is 4.39 Å². The maximum absolute atomic E-state index is 14.3. The highest BCUT2D eigenvalue weighted by Gasteiger charge is 2.32. The predicted octanol–water partition coefficient (Wildman–Crippen LogP) is 2.88. The Morgan fingerprint density at radius 2 is 2.13 bits per heavy atom. The summed E-state index contributed by atoms with van der Waals surface area (Å²) >= 11 is 0. The first-order valence-corrected chi connectivity index (χ1v) is 7.81. The number of hydrogen-bond donors (Lipinski definition) is 1. The van der Waals surface area contributed by atoms with E-state index in [1.165, 1.54) is 10.7 Å². The number of aromatic nitrogens is 4. The number of hydrogen-bond acceptors (Lipinski definition) is 5. The van der Waals surface area contributed by atoms with Crippen LogP contribution in [0.3, 0.4) is 0 Å². The second-order valence-electron chi connectivity index (χ2n) is 6.45. The van der Waals surface area contributed by atoms with Gasteiger partial charge in [0.2, 0.25) is 5.89 Å². The minimum absolute atomic E-state index is 0.163. The molecule has 7 heteroatoms. The molecule has 0 unspecified atom stereocenters. The van der Waals surface area contributed by atoms with Gasteiger partial charge in [0.05, 0.1) is 5.69 Å². The third kappa shape index (κ3) is 2.23. The number of nitrogens with zero attached hydrogens (tertiary/aromatic N) is 4. The fraction of sp³-hybridized carbons (Fsp3) is 0.438. The Morgan fingerprint density at radius 3 is 2.83 bits per heavy atom. The number of para-hydroxylation sites is 1. The molecule has 0 radical (unpaired) electrons. The van der Waals surface area contributed by atoms with Gasteiger partial charge in [0, 0.05) is 17.3 Å². The zero-order valence-corrected chi connectivity index (χ0v) is 13.0. The summed E-state index contributed by atoms with van der Waals surface area (Å²) in [6.07, 6.45) is 1.68. The molecule has 0 atom stereocenters. The van der Waals surface area contributed by atoms with Gasteiger partial charge in [-0.15, -0.1) is 0 Å². The molecule has 1 aliphatic carbocycles. The average molecular weight is 315 g/mol. The van der Waals surface area contributed by atoms with Gasteiger partial charge in [-0.05, 0) is 30.0 Å². The number of rotatable bonds is 3. The molecule has 1 aromatic carbocycles. The molecule has 0 bridgehead atoms. The molecule has 1 aliphatic rings. The van der Waals surface area contributed by atoms with E-state index in [-0.39, 0.29) is 29.6 Å². The van der Waals surface area contributed by atoms with Gasteiger partial charge in [-0.3, -0.25) is 0 Å². The fourth-order valence-electron chi connectivity index (χ4n) is 3.06. The lowest BCUT2D eigenvalue weighted by Gasteiger charge is -2.28. The highest BCUT2D eigenvalue weighted by Crippen LogP contribution is 2.35. The maximum Gasteiger partial charge on any atom is 0.291 e. The zero-order chi connectivity index (χ0) is 16.1. The second-order valence-corrected chi connectivity index (χ2v) is 6.45. The number of nitrogens with two attached hydrogens (primary N) is 1. The van der Waals surface area contributed by atoms with Crippen LogP contribution < -0.4 is 5.73 Å². The first kappa shape index (κ1) is 14.3. The number of halogens is 1. The van der Waals surface area contributed by atoms with Gasteiger partial charge >= 0.3 is 0 Å². The SMILES string of the molecule is CC(C)c1nn(-c2noc(C3CC(N)C3)n2)c2c(F)cccc12. The van der Waals surface area contributed by atoms with Crippen molar-refractivity contribution in [2.45, 2.75) is 44.6 Å². The largest absolute Gasteiger partial charge is 0.337 e. The van der Waals surface area contributed by atoms with Crippen molar-refractivity contribution in [2.75, 3.05) is 0 Å². The van der Waals surface area contributed by atoms with Crippen LogP contribution in [0.1, 0.15) is 50.1 Å². The Bertz CT molecular complexity index is 863. The van der Waals surface area contributed by atoms with Crippen LogP contribution in [-0.4, -0.2) is 26.0 Å². The van der Waals surface area contributed by atoms with E-state index in [4.69, 9.17) is 10.3 Å². The Kier molecular flexibility index (Phi) is 3.19. The lowest BCUT2D eigenvalue weighted by atomic mass is 9.81. The first-order valence-electron chi connectivity index (χ1n) is 7.81. The Balaban J connectivity index is 1.82. The van der Waals surface area contributed by atoms with E-state index in [1.807, 2.05) is 19.9 Å². The second kappa shape index (κ2) is 5.13. The van der Waals surface area contributed by atoms with Crippen molar-refractivity contribution in [3.05, 3.63) is 35.6 Å². The van der Waals surface area contributed by atoms with Crippen LogP contribution in [0.15, 0.2) is 22.7 Å². The Labute approximate surface area is 132 Å². The lowest BCUT2D eigenvalue weighted by Crippen LogP contribution is -2.34. The summed E-state index contributed by atoms with van der Waals surface area (Å²) in [4.78, 5) is 4.40. The minimum Gasteiger partial charge on any atom is -0.337 e. The molecular weight excluding hydrogens is 297 g/mol. The molecule has 2 heterocycles. The van der Waals surface area contributed by atoms with E-state index in [0.29, 0.717) is 11.4 Å². The Hall–Kier alpha value is -2.28. The van der Waals surface area contributed by atoms with Crippen molar-refractivity contribution in [2.24, 2.45) is 5.73 Å². The van der Waals surface area contributed by atoms with Crippen LogP contribution in [0.2, 0.25) is 0 Å². The summed E-state index contributed by atoms with van der Waals surface area (Å²) in [5.41, 5.74) is 7.00. The van der Waals surface area contributed by atoms with E-state index in [0.717, 1.165) is 23.9 Å². The van der Waals surface area contributed by atoms with Crippen LogP contribution in [-0.2, 0) is 0 Å². The maximum atomic E-state index is 14.3. The highest BCUT2D eigenvalue weighted by atomic mass is 19.1. The number of fused-ring (bicyclic) bond motifs is 1. The lowest BCUT2D eigenvalue weighted by molar-refractivity contribution is 0.264. The molecule has 0 amide bonds. The molecular formula is C16H18FN5O. The average Bonchev–Trinajstić information content (AvgIpc) is 3.08. The minimum atomic E-state index is -0.348. The van der Waals surface area contributed by atoms with Crippen molar-refractivity contribution in [3.8, 4) is 5.95 Å². The summed E-state index contributed by atoms with van der Waals surface area (Å²) in [7, 11) is 0. The first-order chi connectivity index (χ1) is 11.0. The molecule has 1 saturated carbocycles. The topological polar surface area (TPSA) is 82.8 Å². The van der Waals surface area contributed by atoms with Crippen LogP contribution in [0, 0.1) is 5.82 Å². The summed E-state index contributed by atoms with van der Waals surface area (Å²) in [6.45, 7) is 4.04. The van der Waals surface area contributed by atoms with Crippen molar-refractivity contribution in [1.82, 2.24) is 19.9 Å². The summed E-state index contributed by atoms with van der Waals surface area (Å²) in [6, 6.07) is 5.16. The normalized spacial score (nSPS) is 21.1. The molecule has 0 saturated heterocycles. The zero-order valence-electron chi connectivity index (χ0n) is 13.0. The summed E-state index contributed by atoms with van der Waals surface area (Å²) in [5.74, 6) is 0.827. The van der Waals surface area contributed by atoms with Gasteiger partial charge in [-0.2, -0.15) is 14.8 Å². The molecule has 2 N–H and O–H groups in total. The van der Waals surface area contributed by atoms with Crippen LogP contribution in [0.25, 0.3) is 16.9 Å². The van der Waals surface area contributed by atoms with Gasteiger partial charge in [0.1, 0.15) is 11.3 Å². The van der Waals surface area contributed by atoms with E-state index < -0.39 is 0 Å². The standard InChI is InChI=1S/C16H18FN5O/c1-8(2)13-11-4-3-5-12(17)14(11)22(20-13)16-19-15(23-21-16)9-6-10(18)7-9/h3-5,8-10H,6-7,18H2,1-2H3. The Morgan fingerprint density at radius 1 is 1.35 bits per heavy atom. The third-order valence-corrected chi connectivity index (χ3v) is 4.37.